The van der Waals surface area contributed by atoms with Gasteiger partial charge in [-0.05, 0) is 55.5 Å². The highest BCUT2D eigenvalue weighted by atomic mass is 16.5. The Morgan fingerprint density at radius 2 is 1.59 bits per heavy atom. The maximum Gasteiger partial charge on any atom is 0.338 e. The fourth-order valence-electron chi connectivity index (χ4n) is 2.79. The molecule has 0 unspecified atom stereocenters. The second kappa shape index (κ2) is 13.8. The first kappa shape index (κ1) is 28.3. The number of imide groups is 1. The van der Waals surface area contributed by atoms with Gasteiger partial charge in [0.1, 0.15) is 6.04 Å². The number of aliphatic hydroxyl groups is 1. The maximum atomic E-state index is 12.3. The van der Waals surface area contributed by atoms with Crippen molar-refractivity contribution in [2.75, 3.05) is 25.1 Å². The predicted octanol–water partition coefficient (Wildman–Crippen LogP) is -0.677. The van der Waals surface area contributed by atoms with Crippen LogP contribution in [0.1, 0.15) is 27.6 Å². The molecule has 2 rings (SSSR count). The molecule has 0 aliphatic heterocycles. The molecule has 5 amide bonds. The van der Waals surface area contributed by atoms with E-state index in [-0.39, 0.29) is 18.1 Å². The number of rotatable bonds is 10. The fourth-order valence-corrected chi connectivity index (χ4v) is 2.79. The zero-order valence-electron chi connectivity index (χ0n) is 19.8. The lowest BCUT2D eigenvalue weighted by molar-refractivity contribution is -0.127. The summed E-state index contributed by atoms with van der Waals surface area (Å²) in [6.45, 7) is 0.546. The average Bonchev–Trinajstić information content (AvgIpc) is 2.86. The predicted molar refractivity (Wildman–Crippen MR) is 133 cm³/mol. The summed E-state index contributed by atoms with van der Waals surface area (Å²) in [5, 5.41) is 18.5. The zero-order valence-corrected chi connectivity index (χ0v) is 19.8. The first-order valence-electron chi connectivity index (χ1n) is 10.9. The summed E-state index contributed by atoms with van der Waals surface area (Å²) in [6, 6.07) is 9.34. The van der Waals surface area contributed by atoms with E-state index in [0.717, 1.165) is 0 Å². The molecule has 0 spiro atoms. The minimum absolute atomic E-state index is 0.149. The summed E-state index contributed by atoms with van der Waals surface area (Å²) < 4.78 is 4.87. The van der Waals surface area contributed by atoms with Crippen LogP contribution in [0.2, 0.25) is 0 Å². The minimum atomic E-state index is -1.38. The van der Waals surface area contributed by atoms with Gasteiger partial charge in [-0.25, -0.2) is 14.6 Å². The Hall–Kier alpha value is -4.98. The van der Waals surface area contributed by atoms with E-state index >= 15 is 0 Å². The molecule has 2 aromatic carbocycles. The molecule has 0 saturated carbocycles. The molecule has 0 aliphatic rings. The Morgan fingerprint density at radius 3 is 2.16 bits per heavy atom. The van der Waals surface area contributed by atoms with Crippen molar-refractivity contribution in [1.82, 2.24) is 16.0 Å². The SMILES string of the molecule is CCOC(=O)c1ccc(NC(=O)N[C@@H](CO)C(=O)NCC(=O)NC(=O)c2ccc(N=C(N)N)cc2)cc1. The van der Waals surface area contributed by atoms with Crippen molar-refractivity contribution in [2.24, 2.45) is 16.5 Å². The van der Waals surface area contributed by atoms with Crippen LogP contribution in [-0.2, 0) is 14.3 Å². The molecule has 37 heavy (non-hydrogen) atoms. The van der Waals surface area contributed by atoms with Gasteiger partial charge >= 0.3 is 12.0 Å². The molecule has 1 atom stereocenters. The van der Waals surface area contributed by atoms with E-state index in [2.05, 4.69) is 26.3 Å². The quantitative estimate of drug-likeness (QED) is 0.121. The number of urea groups is 1. The highest BCUT2D eigenvalue weighted by Crippen LogP contribution is 2.13. The number of nitrogens with two attached hydrogens (primary N) is 2. The van der Waals surface area contributed by atoms with Crippen LogP contribution in [0.3, 0.4) is 0 Å². The number of carbonyl (C=O) groups excluding carboxylic acids is 5. The molecule has 0 bridgehead atoms. The van der Waals surface area contributed by atoms with Crippen LogP contribution < -0.4 is 32.7 Å². The lowest BCUT2D eigenvalue weighted by Crippen LogP contribution is -2.52. The summed E-state index contributed by atoms with van der Waals surface area (Å²) in [4.78, 5) is 64.1. The highest BCUT2D eigenvalue weighted by Gasteiger charge is 2.21. The number of aliphatic hydroxyl groups excluding tert-OH is 1. The Kier molecular flexibility index (Phi) is 10.5. The number of guanidine groups is 1. The van der Waals surface area contributed by atoms with Crippen LogP contribution in [0.25, 0.3) is 0 Å². The molecule has 0 aliphatic carbocycles. The number of carbonyl (C=O) groups is 5. The van der Waals surface area contributed by atoms with Crippen molar-refractivity contribution in [3.63, 3.8) is 0 Å². The van der Waals surface area contributed by atoms with Crippen molar-refractivity contribution < 1.29 is 33.8 Å². The third-order valence-corrected chi connectivity index (χ3v) is 4.52. The number of esters is 1. The monoisotopic (exact) mass is 513 g/mol. The number of hydrogen-bond acceptors (Lipinski definition) is 8. The number of benzene rings is 2. The van der Waals surface area contributed by atoms with Crippen molar-refractivity contribution >= 4 is 47.1 Å². The summed E-state index contributed by atoms with van der Waals surface area (Å²) in [5.41, 5.74) is 11.7. The fraction of sp³-hybridized carbons (Fsp3) is 0.217. The van der Waals surface area contributed by atoms with E-state index in [1.165, 1.54) is 48.5 Å². The second-order valence-corrected chi connectivity index (χ2v) is 7.31. The van der Waals surface area contributed by atoms with Gasteiger partial charge in [0.25, 0.3) is 5.91 Å². The van der Waals surface area contributed by atoms with Crippen LogP contribution in [0.15, 0.2) is 53.5 Å². The van der Waals surface area contributed by atoms with Crippen LogP contribution in [0.4, 0.5) is 16.2 Å². The topological polar surface area (TPSA) is 227 Å². The maximum absolute atomic E-state index is 12.3. The lowest BCUT2D eigenvalue weighted by atomic mass is 10.2. The number of hydrogen-bond donors (Lipinski definition) is 7. The normalized spacial score (nSPS) is 10.9. The molecule has 0 fully saturated rings. The number of nitrogens with one attached hydrogen (secondary N) is 4. The molecule has 14 nitrogen and oxygen atoms in total. The highest BCUT2D eigenvalue weighted by molar-refractivity contribution is 6.06. The average molecular weight is 514 g/mol. The van der Waals surface area contributed by atoms with Gasteiger partial charge in [0.15, 0.2) is 5.96 Å². The summed E-state index contributed by atoms with van der Waals surface area (Å²) in [5.74, 6) is -3.07. The summed E-state index contributed by atoms with van der Waals surface area (Å²) >= 11 is 0. The third-order valence-electron chi connectivity index (χ3n) is 4.52. The number of anilines is 1. The van der Waals surface area contributed by atoms with Crippen LogP contribution in [-0.4, -0.2) is 66.6 Å². The Morgan fingerprint density at radius 1 is 0.973 bits per heavy atom. The molecule has 14 heteroatoms. The van der Waals surface area contributed by atoms with Crippen LogP contribution in [0.5, 0.6) is 0 Å². The van der Waals surface area contributed by atoms with E-state index < -0.39 is 48.9 Å². The van der Waals surface area contributed by atoms with E-state index in [0.29, 0.717) is 16.9 Å². The minimum Gasteiger partial charge on any atom is -0.462 e. The van der Waals surface area contributed by atoms with E-state index in [9.17, 15) is 29.1 Å². The molecule has 0 heterocycles. The molecule has 2 aromatic rings. The van der Waals surface area contributed by atoms with Gasteiger partial charge in [-0.2, -0.15) is 0 Å². The molecule has 0 saturated heterocycles. The van der Waals surface area contributed by atoms with Gasteiger partial charge in [-0.15, -0.1) is 0 Å². The van der Waals surface area contributed by atoms with E-state index in [4.69, 9.17) is 16.2 Å². The smallest absolute Gasteiger partial charge is 0.338 e. The van der Waals surface area contributed by atoms with Gasteiger partial charge in [0.05, 0.1) is 31.0 Å². The number of amides is 5. The molecule has 9 N–H and O–H groups in total. The second-order valence-electron chi connectivity index (χ2n) is 7.31. The van der Waals surface area contributed by atoms with Gasteiger partial charge in [-0.3, -0.25) is 19.7 Å². The van der Waals surface area contributed by atoms with Crippen LogP contribution in [0, 0.1) is 0 Å². The molecule has 0 radical (unpaired) electrons. The zero-order chi connectivity index (χ0) is 27.4. The first-order chi connectivity index (χ1) is 17.6. The Labute approximate surface area is 211 Å². The molecule has 0 aromatic heterocycles. The standard InChI is InChI=1S/C23H27N7O7/c1-2-37-21(35)14-5-9-16(10-6-14)28-23(36)29-17(12-31)20(34)26-11-18(32)30-19(33)13-3-7-15(8-4-13)27-22(24)25/h3-10,17,31H,2,11-12H2,1H3,(H,26,34)(H4,24,25,27)(H2,28,29,36)(H,30,32,33)/t17-/m0/s1. The van der Waals surface area contributed by atoms with Crippen molar-refractivity contribution in [1.29, 1.82) is 0 Å². The molecular weight excluding hydrogens is 486 g/mol. The van der Waals surface area contributed by atoms with Crippen molar-refractivity contribution in [2.45, 2.75) is 13.0 Å². The van der Waals surface area contributed by atoms with Gasteiger partial charge in [0, 0.05) is 11.3 Å². The number of ether oxygens (including phenoxy) is 1. The Bertz CT molecular complexity index is 1160. The third kappa shape index (κ3) is 9.29. The van der Waals surface area contributed by atoms with Crippen molar-refractivity contribution in [3.05, 3.63) is 59.7 Å². The van der Waals surface area contributed by atoms with E-state index in [1.807, 2.05) is 0 Å². The summed E-state index contributed by atoms with van der Waals surface area (Å²) in [6.07, 6.45) is 0. The number of aliphatic imine (C=N–C) groups is 1. The molecule has 196 valence electrons. The van der Waals surface area contributed by atoms with Crippen LogP contribution >= 0.6 is 0 Å². The van der Waals surface area contributed by atoms with E-state index in [1.54, 1.807) is 6.92 Å². The van der Waals surface area contributed by atoms with Gasteiger partial charge < -0.3 is 37.3 Å². The Balaban J connectivity index is 1.82. The van der Waals surface area contributed by atoms with Crippen molar-refractivity contribution in [3.8, 4) is 0 Å². The van der Waals surface area contributed by atoms with Gasteiger partial charge in [0.2, 0.25) is 11.8 Å². The largest absolute Gasteiger partial charge is 0.462 e. The summed E-state index contributed by atoms with van der Waals surface area (Å²) in [7, 11) is 0. The molecular formula is C23H27N7O7. The number of nitrogens with zero attached hydrogens (tertiary/aromatic N) is 1. The first-order valence-corrected chi connectivity index (χ1v) is 10.9. The lowest BCUT2D eigenvalue weighted by Gasteiger charge is -2.16. The van der Waals surface area contributed by atoms with Gasteiger partial charge in [-0.1, -0.05) is 0 Å².